The fourth-order valence-electron chi connectivity index (χ4n) is 3.52. The highest BCUT2D eigenvalue weighted by molar-refractivity contribution is 7.89. The molecule has 2 aromatic rings. The number of sulfonamides is 2. The minimum atomic E-state index is -3.79. The van der Waals surface area contributed by atoms with Crippen molar-refractivity contribution in [2.45, 2.75) is 35.1 Å². The molecule has 1 aliphatic carbocycles. The molecule has 1 saturated carbocycles. The van der Waals surface area contributed by atoms with Crippen LogP contribution >= 0.6 is 11.6 Å². The van der Waals surface area contributed by atoms with E-state index in [0.29, 0.717) is 5.02 Å². The Labute approximate surface area is 193 Å². The van der Waals surface area contributed by atoms with E-state index in [4.69, 9.17) is 11.6 Å². The number of amides is 1. The monoisotopic (exact) mass is 497 g/mol. The molecule has 32 heavy (non-hydrogen) atoms. The Morgan fingerprint density at radius 2 is 1.50 bits per heavy atom. The van der Waals surface area contributed by atoms with Gasteiger partial charge in [-0.2, -0.15) is 4.31 Å². The van der Waals surface area contributed by atoms with Crippen molar-refractivity contribution < 1.29 is 21.6 Å². The molecule has 4 rings (SSSR count). The van der Waals surface area contributed by atoms with Gasteiger partial charge in [0.05, 0.1) is 16.2 Å². The molecule has 0 unspecified atom stereocenters. The molecule has 0 radical (unpaired) electrons. The molecule has 0 aromatic heterocycles. The molecule has 11 heteroatoms. The first kappa shape index (κ1) is 23.2. The summed E-state index contributed by atoms with van der Waals surface area (Å²) in [6.45, 7) is 0.889. The van der Waals surface area contributed by atoms with Crippen LogP contribution in [0.4, 0.5) is 0 Å². The molecule has 0 spiro atoms. The first-order valence-electron chi connectivity index (χ1n) is 10.3. The number of rotatable bonds is 7. The minimum Gasteiger partial charge on any atom is -0.340 e. The Hall–Kier alpha value is -1.98. The smallest absolute Gasteiger partial charge is 0.243 e. The molecule has 172 valence electrons. The number of benzene rings is 2. The second-order valence-corrected chi connectivity index (χ2v) is 12.0. The highest BCUT2D eigenvalue weighted by atomic mass is 35.5. The van der Waals surface area contributed by atoms with Crippen LogP contribution < -0.4 is 4.72 Å². The number of carbonyl (C=O) groups is 1. The molecule has 1 amide bonds. The van der Waals surface area contributed by atoms with Crippen molar-refractivity contribution in [1.29, 1.82) is 0 Å². The van der Waals surface area contributed by atoms with Gasteiger partial charge in [-0.3, -0.25) is 4.79 Å². The third-order valence-corrected chi connectivity index (χ3v) is 9.38. The summed E-state index contributed by atoms with van der Waals surface area (Å²) < 4.78 is 54.4. The molecule has 2 aliphatic rings. The zero-order valence-corrected chi connectivity index (χ0v) is 19.7. The number of halogens is 1. The van der Waals surface area contributed by atoms with Crippen LogP contribution in [0.2, 0.25) is 5.02 Å². The van der Waals surface area contributed by atoms with Gasteiger partial charge in [0.15, 0.2) is 0 Å². The standard InChI is InChI=1S/C21H24ClN3O5S2/c22-20-4-2-1-3-16(20)15-21(26)24-11-13-25(14-12-24)32(29,30)19-9-7-18(8-10-19)31(27,28)23-17-5-6-17/h1-4,7-10,17,23H,5-6,11-15H2. The Kier molecular flexibility index (Phi) is 6.60. The van der Waals surface area contributed by atoms with Gasteiger partial charge in [0.25, 0.3) is 0 Å². The van der Waals surface area contributed by atoms with Crippen molar-refractivity contribution in [3.8, 4) is 0 Å². The predicted molar refractivity (Wildman–Crippen MR) is 120 cm³/mol. The lowest BCUT2D eigenvalue weighted by atomic mass is 10.1. The summed E-state index contributed by atoms with van der Waals surface area (Å²) >= 11 is 6.13. The predicted octanol–water partition coefficient (Wildman–Crippen LogP) is 1.86. The van der Waals surface area contributed by atoms with Crippen LogP contribution in [0.15, 0.2) is 58.3 Å². The maximum absolute atomic E-state index is 13.0. The number of hydrogen-bond donors (Lipinski definition) is 1. The fraction of sp³-hybridized carbons (Fsp3) is 0.381. The Morgan fingerprint density at radius 3 is 2.09 bits per heavy atom. The van der Waals surface area contributed by atoms with E-state index in [1.807, 2.05) is 6.07 Å². The van der Waals surface area contributed by atoms with Crippen molar-refractivity contribution in [1.82, 2.24) is 13.9 Å². The van der Waals surface area contributed by atoms with E-state index in [0.717, 1.165) is 18.4 Å². The van der Waals surface area contributed by atoms with Gasteiger partial charge in [0.1, 0.15) is 0 Å². The Morgan fingerprint density at radius 1 is 0.906 bits per heavy atom. The average molecular weight is 498 g/mol. The second-order valence-electron chi connectivity index (χ2n) is 7.92. The summed E-state index contributed by atoms with van der Waals surface area (Å²) in [5, 5.41) is 0.528. The van der Waals surface area contributed by atoms with Crippen molar-refractivity contribution in [2.75, 3.05) is 26.2 Å². The molecule has 2 fully saturated rings. The van der Waals surface area contributed by atoms with Crippen LogP contribution in [0.1, 0.15) is 18.4 Å². The largest absolute Gasteiger partial charge is 0.340 e. The van der Waals surface area contributed by atoms with Gasteiger partial charge < -0.3 is 4.90 Å². The summed E-state index contributed by atoms with van der Waals surface area (Å²) in [7, 11) is -7.43. The maximum Gasteiger partial charge on any atom is 0.243 e. The molecular formula is C21H24ClN3O5S2. The zero-order valence-electron chi connectivity index (χ0n) is 17.3. The lowest BCUT2D eigenvalue weighted by Crippen LogP contribution is -2.50. The van der Waals surface area contributed by atoms with E-state index >= 15 is 0 Å². The van der Waals surface area contributed by atoms with E-state index < -0.39 is 20.0 Å². The lowest BCUT2D eigenvalue weighted by Gasteiger charge is -2.34. The second kappa shape index (κ2) is 9.11. The van der Waals surface area contributed by atoms with Gasteiger partial charge in [-0.25, -0.2) is 21.6 Å². The van der Waals surface area contributed by atoms with Crippen molar-refractivity contribution in [3.63, 3.8) is 0 Å². The van der Waals surface area contributed by atoms with E-state index in [9.17, 15) is 21.6 Å². The number of nitrogens with zero attached hydrogens (tertiary/aromatic N) is 2. The first-order valence-corrected chi connectivity index (χ1v) is 13.6. The van der Waals surface area contributed by atoms with E-state index in [2.05, 4.69) is 4.72 Å². The summed E-state index contributed by atoms with van der Waals surface area (Å²) in [6, 6.07) is 12.3. The molecule has 1 saturated heterocycles. The molecule has 2 aromatic carbocycles. The normalized spacial score (nSPS) is 18.0. The summed E-state index contributed by atoms with van der Waals surface area (Å²) in [5.41, 5.74) is 0.737. The van der Waals surface area contributed by atoms with Gasteiger partial charge in [-0.1, -0.05) is 29.8 Å². The zero-order chi connectivity index (χ0) is 22.9. The first-order chi connectivity index (χ1) is 15.2. The van der Waals surface area contributed by atoms with Crippen LogP contribution in [-0.2, 0) is 31.3 Å². The van der Waals surface area contributed by atoms with Crippen molar-refractivity contribution >= 4 is 37.6 Å². The van der Waals surface area contributed by atoms with Crippen LogP contribution in [0, 0.1) is 0 Å². The van der Waals surface area contributed by atoms with Crippen molar-refractivity contribution in [3.05, 3.63) is 59.1 Å². The number of piperazine rings is 1. The third kappa shape index (κ3) is 5.15. The lowest BCUT2D eigenvalue weighted by molar-refractivity contribution is -0.131. The van der Waals surface area contributed by atoms with Gasteiger partial charge >= 0.3 is 0 Å². The summed E-state index contributed by atoms with van der Waals surface area (Å²) in [4.78, 5) is 14.3. The van der Waals surface area contributed by atoms with Crippen LogP contribution in [0.25, 0.3) is 0 Å². The number of hydrogen-bond acceptors (Lipinski definition) is 5. The molecule has 1 heterocycles. The SMILES string of the molecule is O=C(Cc1ccccc1Cl)N1CCN(S(=O)(=O)c2ccc(S(=O)(=O)NC3CC3)cc2)CC1. The molecule has 0 atom stereocenters. The van der Waals surface area contributed by atoms with E-state index in [1.54, 1.807) is 23.1 Å². The average Bonchev–Trinajstić information content (AvgIpc) is 3.59. The van der Waals surface area contributed by atoms with Gasteiger partial charge in [-0.05, 0) is 48.7 Å². The molecule has 8 nitrogen and oxygen atoms in total. The topological polar surface area (TPSA) is 104 Å². The minimum absolute atomic E-state index is 0.0266. The summed E-state index contributed by atoms with van der Waals surface area (Å²) in [6.07, 6.45) is 1.80. The Balaban J connectivity index is 1.38. The molecule has 1 N–H and O–H groups in total. The fourth-order valence-corrected chi connectivity index (χ4v) is 6.45. The number of nitrogens with one attached hydrogen (secondary N) is 1. The highest BCUT2D eigenvalue weighted by Gasteiger charge is 2.31. The van der Waals surface area contributed by atoms with Crippen LogP contribution in [0.3, 0.4) is 0 Å². The third-order valence-electron chi connectivity index (χ3n) is 5.56. The molecule has 1 aliphatic heterocycles. The van der Waals surface area contributed by atoms with Gasteiger partial charge in [-0.15, -0.1) is 0 Å². The van der Waals surface area contributed by atoms with E-state index in [-0.39, 0.29) is 54.3 Å². The van der Waals surface area contributed by atoms with Gasteiger partial charge in [0.2, 0.25) is 26.0 Å². The Bertz CT molecular complexity index is 1200. The van der Waals surface area contributed by atoms with Gasteiger partial charge in [0, 0.05) is 37.2 Å². The highest BCUT2D eigenvalue weighted by Crippen LogP contribution is 2.24. The quantitative estimate of drug-likeness (QED) is 0.628. The van der Waals surface area contributed by atoms with Crippen LogP contribution in [-0.4, -0.2) is 64.2 Å². The number of carbonyl (C=O) groups excluding carboxylic acids is 1. The molecule has 0 bridgehead atoms. The maximum atomic E-state index is 13.0. The summed E-state index contributed by atoms with van der Waals surface area (Å²) in [5.74, 6) is -0.104. The molecular weight excluding hydrogens is 474 g/mol. The van der Waals surface area contributed by atoms with Crippen molar-refractivity contribution in [2.24, 2.45) is 0 Å². The van der Waals surface area contributed by atoms with Crippen LogP contribution in [0.5, 0.6) is 0 Å². The van der Waals surface area contributed by atoms with E-state index in [1.165, 1.54) is 28.6 Å².